The summed E-state index contributed by atoms with van der Waals surface area (Å²) in [4.78, 5) is 22.0. The zero-order chi connectivity index (χ0) is 14.3. The Morgan fingerprint density at radius 3 is 2.74 bits per heavy atom. The molecule has 1 amide bonds. The molecule has 0 fully saturated rings. The molecule has 104 valence electrons. The summed E-state index contributed by atoms with van der Waals surface area (Å²) in [6.07, 6.45) is 0.829. The van der Waals surface area contributed by atoms with E-state index in [2.05, 4.69) is 5.32 Å². The molecule has 0 atom stereocenters. The van der Waals surface area contributed by atoms with Gasteiger partial charge < -0.3 is 10.1 Å². The van der Waals surface area contributed by atoms with Gasteiger partial charge in [-0.05, 0) is 26.3 Å². The van der Waals surface area contributed by atoms with Crippen molar-refractivity contribution in [3.63, 3.8) is 0 Å². The maximum atomic E-state index is 11.8. The van der Waals surface area contributed by atoms with Gasteiger partial charge in [0, 0.05) is 19.2 Å². The van der Waals surface area contributed by atoms with E-state index in [1.807, 2.05) is 13.8 Å². The summed E-state index contributed by atoms with van der Waals surface area (Å²) in [6, 6.07) is 5.89. The van der Waals surface area contributed by atoms with Gasteiger partial charge in [0.2, 0.25) is 0 Å². The van der Waals surface area contributed by atoms with E-state index in [0.29, 0.717) is 19.6 Å². The van der Waals surface area contributed by atoms with E-state index < -0.39 is 10.8 Å². The normalized spacial score (nSPS) is 10.5. The van der Waals surface area contributed by atoms with Crippen molar-refractivity contribution in [2.75, 3.05) is 13.2 Å². The number of ether oxygens (including phenoxy) is 1. The molecule has 1 aromatic carbocycles. The van der Waals surface area contributed by atoms with Crippen molar-refractivity contribution >= 4 is 11.6 Å². The molecule has 6 nitrogen and oxygen atoms in total. The van der Waals surface area contributed by atoms with Gasteiger partial charge in [0.1, 0.15) is 5.56 Å². The number of nitro benzene ring substituents is 1. The van der Waals surface area contributed by atoms with Crippen molar-refractivity contribution < 1.29 is 14.5 Å². The third-order valence-electron chi connectivity index (χ3n) is 2.40. The van der Waals surface area contributed by atoms with Crippen LogP contribution in [0, 0.1) is 10.1 Å². The third-order valence-corrected chi connectivity index (χ3v) is 2.40. The smallest absolute Gasteiger partial charge is 0.282 e. The average Bonchev–Trinajstić information content (AvgIpc) is 2.37. The second-order valence-electron chi connectivity index (χ2n) is 4.30. The van der Waals surface area contributed by atoms with Crippen LogP contribution in [0.4, 0.5) is 5.69 Å². The predicted octanol–water partition coefficient (Wildman–Crippen LogP) is 2.14. The number of hydrogen-bond acceptors (Lipinski definition) is 4. The Bertz CT molecular complexity index is 446. The topological polar surface area (TPSA) is 81.5 Å². The molecule has 1 aromatic rings. The number of nitro groups is 1. The van der Waals surface area contributed by atoms with Crippen LogP contribution in [-0.2, 0) is 4.74 Å². The summed E-state index contributed by atoms with van der Waals surface area (Å²) in [5, 5.41) is 13.4. The highest BCUT2D eigenvalue weighted by Crippen LogP contribution is 2.17. The molecule has 0 heterocycles. The van der Waals surface area contributed by atoms with E-state index in [9.17, 15) is 14.9 Å². The van der Waals surface area contributed by atoms with Crippen molar-refractivity contribution in [2.45, 2.75) is 26.4 Å². The van der Waals surface area contributed by atoms with Crippen molar-refractivity contribution in [1.29, 1.82) is 0 Å². The maximum absolute atomic E-state index is 11.8. The first-order chi connectivity index (χ1) is 9.02. The van der Waals surface area contributed by atoms with E-state index in [4.69, 9.17) is 4.74 Å². The van der Waals surface area contributed by atoms with Crippen LogP contribution in [0.5, 0.6) is 0 Å². The highest BCUT2D eigenvalue weighted by Gasteiger charge is 2.18. The van der Waals surface area contributed by atoms with E-state index in [-0.39, 0.29) is 17.4 Å². The fraction of sp³-hybridized carbons (Fsp3) is 0.462. The Morgan fingerprint density at radius 2 is 2.11 bits per heavy atom. The lowest BCUT2D eigenvalue weighted by Gasteiger charge is -2.08. The molecule has 0 aliphatic rings. The van der Waals surface area contributed by atoms with Gasteiger partial charge in [0.05, 0.1) is 11.0 Å². The van der Waals surface area contributed by atoms with Gasteiger partial charge in [-0.15, -0.1) is 0 Å². The van der Waals surface area contributed by atoms with Crippen LogP contribution in [0.2, 0.25) is 0 Å². The summed E-state index contributed by atoms with van der Waals surface area (Å²) >= 11 is 0. The predicted molar refractivity (Wildman–Crippen MR) is 71.1 cm³/mol. The molecule has 0 spiro atoms. The molecule has 1 rings (SSSR count). The molecule has 0 saturated carbocycles. The van der Waals surface area contributed by atoms with E-state index >= 15 is 0 Å². The maximum Gasteiger partial charge on any atom is 0.282 e. The largest absolute Gasteiger partial charge is 0.379 e. The van der Waals surface area contributed by atoms with Gasteiger partial charge in [0.15, 0.2) is 0 Å². The van der Waals surface area contributed by atoms with Gasteiger partial charge >= 0.3 is 0 Å². The minimum atomic E-state index is -0.559. The van der Waals surface area contributed by atoms with Crippen molar-refractivity contribution in [1.82, 2.24) is 5.32 Å². The lowest BCUT2D eigenvalue weighted by atomic mass is 10.1. The summed E-state index contributed by atoms with van der Waals surface area (Å²) in [5.74, 6) is -0.433. The molecule has 0 unspecified atom stereocenters. The van der Waals surface area contributed by atoms with Crippen LogP contribution < -0.4 is 5.32 Å². The average molecular weight is 266 g/mol. The molecule has 0 bridgehead atoms. The van der Waals surface area contributed by atoms with Crippen molar-refractivity contribution in [3.05, 3.63) is 39.9 Å². The SMILES string of the molecule is CC(C)OCCCNC(=O)c1ccccc1[N+](=O)[O-]. The second-order valence-corrected chi connectivity index (χ2v) is 4.30. The van der Waals surface area contributed by atoms with Crippen LogP contribution in [0.15, 0.2) is 24.3 Å². The molecular formula is C13H18N2O4. The quantitative estimate of drug-likeness (QED) is 0.465. The highest BCUT2D eigenvalue weighted by atomic mass is 16.6. The van der Waals surface area contributed by atoms with Gasteiger partial charge in [-0.1, -0.05) is 12.1 Å². The van der Waals surface area contributed by atoms with Crippen molar-refractivity contribution in [2.24, 2.45) is 0 Å². The Hall–Kier alpha value is -1.95. The lowest BCUT2D eigenvalue weighted by Crippen LogP contribution is -2.26. The summed E-state index contributed by atoms with van der Waals surface area (Å²) in [6.45, 7) is 4.85. The van der Waals surface area contributed by atoms with E-state index in [0.717, 1.165) is 0 Å². The minimum Gasteiger partial charge on any atom is -0.379 e. The van der Waals surface area contributed by atoms with Crippen LogP contribution >= 0.6 is 0 Å². The van der Waals surface area contributed by atoms with E-state index in [1.165, 1.54) is 18.2 Å². The Balaban J connectivity index is 2.48. The van der Waals surface area contributed by atoms with Crippen LogP contribution in [0.25, 0.3) is 0 Å². The van der Waals surface area contributed by atoms with Crippen LogP contribution in [0.3, 0.4) is 0 Å². The first kappa shape index (κ1) is 15.1. The van der Waals surface area contributed by atoms with Gasteiger partial charge in [-0.3, -0.25) is 14.9 Å². The fourth-order valence-electron chi connectivity index (χ4n) is 1.51. The Labute approximate surface area is 111 Å². The molecule has 0 aromatic heterocycles. The molecule has 0 radical (unpaired) electrons. The zero-order valence-corrected chi connectivity index (χ0v) is 11.1. The number of amides is 1. The monoisotopic (exact) mass is 266 g/mol. The summed E-state index contributed by atoms with van der Waals surface area (Å²) in [7, 11) is 0. The molecule has 0 aliphatic carbocycles. The number of hydrogen-bond donors (Lipinski definition) is 1. The molecule has 19 heavy (non-hydrogen) atoms. The third kappa shape index (κ3) is 5.05. The molecule has 1 N–H and O–H groups in total. The fourth-order valence-corrected chi connectivity index (χ4v) is 1.51. The Morgan fingerprint density at radius 1 is 1.42 bits per heavy atom. The van der Waals surface area contributed by atoms with Gasteiger partial charge in [0.25, 0.3) is 11.6 Å². The number of nitrogens with one attached hydrogen (secondary N) is 1. The number of para-hydroxylation sites is 1. The highest BCUT2D eigenvalue weighted by molar-refractivity contribution is 5.98. The molecule has 0 aliphatic heterocycles. The second kappa shape index (κ2) is 7.48. The molecule has 6 heteroatoms. The van der Waals surface area contributed by atoms with Gasteiger partial charge in [-0.2, -0.15) is 0 Å². The first-order valence-corrected chi connectivity index (χ1v) is 6.15. The van der Waals surface area contributed by atoms with Gasteiger partial charge in [-0.25, -0.2) is 0 Å². The number of nitrogens with zero attached hydrogens (tertiary/aromatic N) is 1. The van der Waals surface area contributed by atoms with Crippen molar-refractivity contribution in [3.8, 4) is 0 Å². The number of carbonyl (C=O) groups excluding carboxylic acids is 1. The number of carbonyl (C=O) groups is 1. The Kier molecular flexibility index (Phi) is 5.95. The van der Waals surface area contributed by atoms with E-state index in [1.54, 1.807) is 6.07 Å². The number of benzene rings is 1. The minimum absolute atomic E-state index is 0.0808. The first-order valence-electron chi connectivity index (χ1n) is 6.15. The summed E-state index contributed by atoms with van der Waals surface area (Å²) < 4.78 is 5.33. The molecule has 0 saturated heterocycles. The van der Waals surface area contributed by atoms with Crippen LogP contribution in [-0.4, -0.2) is 30.1 Å². The summed E-state index contributed by atoms with van der Waals surface area (Å²) in [5.41, 5.74) is -0.101. The lowest BCUT2D eigenvalue weighted by molar-refractivity contribution is -0.385. The number of rotatable bonds is 7. The van der Waals surface area contributed by atoms with Crippen LogP contribution in [0.1, 0.15) is 30.6 Å². The standard InChI is InChI=1S/C13H18N2O4/c1-10(2)19-9-5-8-14-13(16)11-6-3-4-7-12(11)15(17)18/h3-4,6-7,10H,5,8-9H2,1-2H3,(H,14,16). The zero-order valence-electron chi connectivity index (χ0n) is 11.1. The molecular weight excluding hydrogens is 248 g/mol.